The lowest BCUT2D eigenvalue weighted by Crippen LogP contribution is -2.40. The summed E-state index contributed by atoms with van der Waals surface area (Å²) < 4.78 is 0. The highest BCUT2D eigenvalue weighted by molar-refractivity contribution is 5.59. The lowest BCUT2D eigenvalue weighted by Gasteiger charge is -2.37. The second-order valence-electron chi connectivity index (χ2n) is 5.28. The van der Waals surface area contributed by atoms with Crippen molar-refractivity contribution in [2.45, 2.75) is 38.3 Å². The van der Waals surface area contributed by atoms with Crippen molar-refractivity contribution in [3.05, 3.63) is 33.9 Å². The van der Waals surface area contributed by atoms with Gasteiger partial charge in [0.15, 0.2) is 0 Å². The standard InChI is InChI=1S/C14H21N3O3/c15-13-9-11(5-6-14(13)17(19)20)10-16(7-2-8-18)12-3-1-4-12/h5-6,9,12,18H,1-4,7-8,10,15H2. The molecule has 1 aromatic rings. The van der Waals surface area contributed by atoms with Crippen LogP contribution in [-0.2, 0) is 6.54 Å². The fraction of sp³-hybridized carbons (Fsp3) is 0.571. The van der Waals surface area contributed by atoms with E-state index >= 15 is 0 Å². The predicted molar refractivity (Wildman–Crippen MR) is 77.3 cm³/mol. The van der Waals surface area contributed by atoms with Crippen LogP contribution in [0.4, 0.5) is 11.4 Å². The molecule has 0 aliphatic heterocycles. The summed E-state index contributed by atoms with van der Waals surface area (Å²) in [7, 11) is 0. The third-order valence-corrected chi connectivity index (χ3v) is 3.87. The average molecular weight is 279 g/mol. The smallest absolute Gasteiger partial charge is 0.292 e. The second kappa shape index (κ2) is 6.67. The van der Waals surface area contributed by atoms with Crippen molar-refractivity contribution in [1.82, 2.24) is 4.90 Å². The van der Waals surface area contributed by atoms with Crippen molar-refractivity contribution in [3.8, 4) is 0 Å². The van der Waals surface area contributed by atoms with Gasteiger partial charge in [0.1, 0.15) is 5.69 Å². The van der Waals surface area contributed by atoms with Crippen LogP contribution in [0, 0.1) is 10.1 Å². The number of benzene rings is 1. The van der Waals surface area contributed by atoms with Crippen LogP contribution in [0.3, 0.4) is 0 Å². The number of aliphatic hydroxyl groups excluding tert-OH is 1. The van der Waals surface area contributed by atoms with Crippen molar-refractivity contribution in [2.24, 2.45) is 0 Å². The van der Waals surface area contributed by atoms with E-state index < -0.39 is 4.92 Å². The van der Waals surface area contributed by atoms with Crippen molar-refractivity contribution in [2.75, 3.05) is 18.9 Å². The normalized spacial score (nSPS) is 15.3. The van der Waals surface area contributed by atoms with Crippen LogP contribution in [-0.4, -0.2) is 34.1 Å². The van der Waals surface area contributed by atoms with Gasteiger partial charge in [0, 0.05) is 31.8 Å². The van der Waals surface area contributed by atoms with Crippen LogP contribution in [0.2, 0.25) is 0 Å². The number of hydrogen-bond acceptors (Lipinski definition) is 5. The zero-order chi connectivity index (χ0) is 14.5. The van der Waals surface area contributed by atoms with Crippen LogP contribution in [0.5, 0.6) is 0 Å². The van der Waals surface area contributed by atoms with Crippen LogP contribution in [0.15, 0.2) is 18.2 Å². The van der Waals surface area contributed by atoms with Gasteiger partial charge in [0.25, 0.3) is 5.69 Å². The number of anilines is 1. The summed E-state index contributed by atoms with van der Waals surface area (Å²) in [5, 5.41) is 19.7. The average Bonchev–Trinajstić information content (AvgIpc) is 2.33. The fourth-order valence-electron chi connectivity index (χ4n) is 2.52. The van der Waals surface area contributed by atoms with Crippen molar-refractivity contribution < 1.29 is 10.0 Å². The molecule has 1 aliphatic rings. The lowest BCUT2D eigenvalue weighted by molar-refractivity contribution is -0.383. The Labute approximate surface area is 118 Å². The van der Waals surface area contributed by atoms with Gasteiger partial charge >= 0.3 is 0 Å². The van der Waals surface area contributed by atoms with Gasteiger partial charge in [-0.25, -0.2) is 0 Å². The minimum Gasteiger partial charge on any atom is -0.396 e. The molecule has 0 amide bonds. The highest BCUT2D eigenvalue weighted by Gasteiger charge is 2.24. The number of nitro benzene ring substituents is 1. The van der Waals surface area contributed by atoms with Gasteiger partial charge in [-0.3, -0.25) is 15.0 Å². The summed E-state index contributed by atoms with van der Waals surface area (Å²) in [6.07, 6.45) is 4.38. The molecule has 0 bridgehead atoms. The Morgan fingerprint density at radius 3 is 2.70 bits per heavy atom. The Kier molecular flexibility index (Phi) is 4.92. The molecule has 1 aromatic carbocycles. The van der Waals surface area contributed by atoms with E-state index in [1.54, 1.807) is 12.1 Å². The van der Waals surface area contributed by atoms with Gasteiger partial charge < -0.3 is 10.8 Å². The van der Waals surface area contributed by atoms with E-state index in [0.717, 1.165) is 25.1 Å². The van der Waals surface area contributed by atoms with E-state index in [-0.39, 0.29) is 18.0 Å². The molecule has 6 nitrogen and oxygen atoms in total. The number of aliphatic hydroxyl groups is 1. The van der Waals surface area contributed by atoms with Gasteiger partial charge in [-0.2, -0.15) is 0 Å². The number of rotatable bonds is 7. The molecule has 0 unspecified atom stereocenters. The Hall–Kier alpha value is -1.66. The van der Waals surface area contributed by atoms with Crippen molar-refractivity contribution in [3.63, 3.8) is 0 Å². The van der Waals surface area contributed by atoms with Gasteiger partial charge in [0.2, 0.25) is 0 Å². The Bertz CT molecular complexity index is 475. The van der Waals surface area contributed by atoms with Crippen molar-refractivity contribution in [1.29, 1.82) is 0 Å². The zero-order valence-electron chi connectivity index (χ0n) is 11.5. The lowest BCUT2D eigenvalue weighted by atomic mass is 9.91. The molecule has 0 spiro atoms. The monoisotopic (exact) mass is 279 g/mol. The Morgan fingerprint density at radius 1 is 1.45 bits per heavy atom. The quantitative estimate of drug-likeness (QED) is 0.452. The minimum absolute atomic E-state index is 0.0423. The minimum atomic E-state index is -0.464. The van der Waals surface area contributed by atoms with Crippen LogP contribution < -0.4 is 5.73 Å². The van der Waals surface area contributed by atoms with Gasteiger partial charge in [-0.1, -0.05) is 12.5 Å². The number of nitro groups is 1. The van der Waals surface area contributed by atoms with E-state index in [0.29, 0.717) is 6.04 Å². The molecular weight excluding hydrogens is 258 g/mol. The molecule has 6 heteroatoms. The first kappa shape index (κ1) is 14.7. The third-order valence-electron chi connectivity index (χ3n) is 3.87. The molecule has 20 heavy (non-hydrogen) atoms. The topological polar surface area (TPSA) is 92.6 Å². The molecular formula is C14H21N3O3. The largest absolute Gasteiger partial charge is 0.396 e. The molecule has 0 radical (unpaired) electrons. The van der Waals surface area contributed by atoms with Gasteiger partial charge in [-0.05, 0) is 30.9 Å². The summed E-state index contributed by atoms with van der Waals surface area (Å²) in [5.41, 5.74) is 6.87. The molecule has 0 saturated heterocycles. The molecule has 110 valence electrons. The number of nitrogens with two attached hydrogens (primary N) is 1. The van der Waals surface area contributed by atoms with Gasteiger partial charge in [-0.15, -0.1) is 0 Å². The summed E-state index contributed by atoms with van der Waals surface area (Å²) in [5.74, 6) is 0. The zero-order valence-corrected chi connectivity index (χ0v) is 11.5. The summed E-state index contributed by atoms with van der Waals surface area (Å²) in [6, 6.07) is 5.48. The summed E-state index contributed by atoms with van der Waals surface area (Å²) in [4.78, 5) is 12.6. The molecule has 0 aromatic heterocycles. The van der Waals surface area contributed by atoms with E-state index in [2.05, 4.69) is 4.90 Å². The maximum Gasteiger partial charge on any atom is 0.292 e. The van der Waals surface area contributed by atoms with Crippen LogP contribution >= 0.6 is 0 Å². The molecule has 0 atom stereocenters. The Balaban J connectivity index is 2.05. The maximum absolute atomic E-state index is 10.7. The van der Waals surface area contributed by atoms with E-state index in [9.17, 15) is 10.1 Å². The summed E-state index contributed by atoms with van der Waals surface area (Å²) in [6.45, 7) is 1.76. The highest BCUT2D eigenvalue weighted by Crippen LogP contribution is 2.28. The Morgan fingerprint density at radius 2 is 2.20 bits per heavy atom. The number of nitrogens with zero attached hydrogens (tertiary/aromatic N) is 2. The first-order valence-corrected chi connectivity index (χ1v) is 6.99. The van der Waals surface area contributed by atoms with E-state index in [1.807, 2.05) is 0 Å². The van der Waals surface area contributed by atoms with E-state index in [1.165, 1.54) is 25.3 Å². The highest BCUT2D eigenvalue weighted by atomic mass is 16.6. The number of nitrogen functional groups attached to an aromatic ring is 1. The fourth-order valence-corrected chi connectivity index (χ4v) is 2.52. The third kappa shape index (κ3) is 3.46. The second-order valence-corrected chi connectivity index (χ2v) is 5.28. The SMILES string of the molecule is Nc1cc(CN(CCCO)C2CCC2)ccc1[N+](=O)[O-]. The maximum atomic E-state index is 10.7. The van der Waals surface area contributed by atoms with Crippen LogP contribution in [0.25, 0.3) is 0 Å². The van der Waals surface area contributed by atoms with Crippen molar-refractivity contribution >= 4 is 11.4 Å². The first-order chi connectivity index (χ1) is 9.61. The van der Waals surface area contributed by atoms with E-state index in [4.69, 9.17) is 10.8 Å². The molecule has 2 rings (SSSR count). The molecule has 3 N–H and O–H groups in total. The first-order valence-electron chi connectivity index (χ1n) is 6.99. The molecule has 1 saturated carbocycles. The van der Waals surface area contributed by atoms with Gasteiger partial charge in [0.05, 0.1) is 4.92 Å². The molecule has 1 fully saturated rings. The molecule has 1 aliphatic carbocycles. The summed E-state index contributed by atoms with van der Waals surface area (Å²) >= 11 is 0. The number of hydrogen-bond donors (Lipinski definition) is 2. The molecule has 0 heterocycles. The van der Waals surface area contributed by atoms with Crippen LogP contribution in [0.1, 0.15) is 31.2 Å². The predicted octanol–water partition coefficient (Wildman–Crippen LogP) is 1.91.